The second kappa shape index (κ2) is 8.98. The molecule has 0 aromatic heterocycles. The molecular formula is C17H27NO2. The number of ether oxygens (including phenoxy) is 2. The Morgan fingerprint density at radius 3 is 2.70 bits per heavy atom. The van der Waals surface area contributed by atoms with Gasteiger partial charge in [0.25, 0.3) is 0 Å². The molecule has 1 saturated carbocycles. The molecule has 1 N–H and O–H groups in total. The van der Waals surface area contributed by atoms with Crippen LogP contribution in [-0.4, -0.2) is 26.4 Å². The van der Waals surface area contributed by atoms with Crippen molar-refractivity contribution in [2.75, 3.05) is 20.3 Å². The monoisotopic (exact) mass is 277 g/mol. The molecule has 0 amide bonds. The summed E-state index contributed by atoms with van der Waals surface area (Å²) >= 11 is 0. The summed E-state index contributed by atoms with van der Waals surface area (Å²) in [5.41, 5.74) is 1.27. The molecule has 2 rings (SSSR count). The molecule has 0 saturated heterocycles. The van der Waals surface area contributed by atoms with Gasteiger partial charge in [-0.25, -0.2) is 0 Å². The Kier molecular flexibility index (Phi) is 6.89. The molecule has 3 nitrogen and oxygen atoms in total. The Labute approximate surface area is 122 Å². The summed E-state index contributed by atoms with van der Waals surface area (Å²) < 4.78 is 11.2. The van der Waals surface area contributed by atoms with E-state index in [2.05, 4.69) is 29.6 Å². The lowest BCUT2D eigenvalue weighted by Gasteiger charge is -2.17. The molecule has 0 aliphatic heterocycles. The van der Waals surface area contributed by atoms with Gasteiger partial charge in [-0.15, -0.1) is 0 Å². The van der Waals surface area contributed by atoms with E-state index in [-0.39, 0.29) is 0 Å². The lowest BCUT2D eigenvalue weighted by atomic mass is 10.1. The van der Waals surface area contributed by atoms with Crippen molar-refractivity contribution >= 4 is 0 Å². The van der Waals surface area contributed by atoms with E-state index in [4.69, 9.17) is 9.47 Å². The van der Waals surface area contributed by atoms with Crippen LogP contribution < -0.4 is 10.1 Å². The summed E-state index contributed by atoms with van der Waals surface area (Å²) in [5, 5.41) is 3.36. The average molecular weight is 277 g/mol. The van der Waals surface area contributed by atoms with Crippen LogP contribution in [0, 0.1) is 0 Å². The minimum atomic E-state index is 0.411. The van der Waals surface area contributed by atoms with Crippen LogP contribution in [0.25, 0.3) is 0 Å². The Bertz CT molecular complexity index is 373. The SMILES string of the molecule is COCCNCc1cccc(OC2CCCCCC2)c1. The lowest BCUT2D eigenvalue weighted by Crippen LogP contribution is -2.19. The third kappa shape index (κ3) is 5.51. The minimum absolute atomic E-state index is 0.411. The molecule has 20 heavy (non-hydrogen) atoms. The molecule has 1 aromatic rings. The first-order valence-corrected chi connectivity index (χ1v) is 7.84. The minimum Gasteiger partial charge on any atom is -0.490 e. The summed E-state index contributed by atoms with van der Waals surface area (Å²) in [6.45, 7) is 2.49. The van der Waals surface area contributed by atoms with Crippen LogP contribution in [0.15, 0.2) is 24.3 Å². The number of rotatable bonds is 7. The summed E-state index contributed by atoms with van der Waals surface area (Å²) in [6, 6.07) is 8.45. The van der Waals surface area contributed by atoms with Crippen molar-refractivity contribution in [3.05, 3.63) is 29.8 Å². The number of hydrogen-bond donors (Lipinski definition) is 1. The highest BCUT2D eigenvalue weighted by Crippen LogP contribution is 2.23. The largest absolute Gasteiger partial charge is 0.490 e. The third-order valence-electron chi connectivity index (χ3n) is 3.82. The quantitative estimate of drug-likeness (QED) is 0.611. The van der Waals surface area contributed by atoms with Gasteiger partial charge >= 0.3 is 0 Å². The van der Waals surface area contributed by atoms with Crippen LogP contribution in [0.4, 0.5) is 0 Å². The van der Waals surface area contributed by atoms with Gasteiger partial charge in [0, 0.05) is 20.2 Å². The summed E-state index contributed by atoms with van der Waals surface area (Å²) in [7, 11) is 1.73. The number of methoxy groups -OCH3 is 1. The van der Waals surface area contributed by atoms with E-state index in [1.807, 2.05) is 0 Å². The highest BCUT2D eigenvalue weighted by Gasteiger charge is 2.13. The Balaban J connectivity index is 1.81. The van der Waals surface area contributed by atoms with Gasteiger partial charge in [0.05, 0.1) is 12.7 Å². The molecule has 0 heterocycles. The molecule has 1 aliphatic rings. The van der Waals surface area contributed by atoms with Crippen LogP contribution in [0.3, 0.4) is 0 Å². The Morgan fingerprint density at radius 2 is 1.95 bits per heavy atom. The molecule has 3 heteroatoms. The van der Waals surface area contributed by atoms with Crippen molar-refractivity contribution in [3.8, 4) is 5.75 Å². The maximum absolute atomic E-state index is 6.15. The number of nitrogens with one attached hydrogen (secondary N) is 1. The topological polar surface area (TPSA) is 30.5 Å². The van der Waals surface area contributed by atoms with E-state index in [0.717, 1.165) is 25.4 Å². The molecular weight excluding hydrogens is 250 g/mol. The highest BCUT2D eigenvalue weighted by atomic mass is 16.5. The van der Waals surface area contributed by atoms with E-state index in [9.17, 15) is 0 Å². The Hall–Kier alpha value is -1.06. The first kappa shape index (κ1) is 15.3. The predicted octanol–water partition coefficient (Wildman–Crippen LogP) is 3.52. The van der Waals surface area contributed by atoms with Gasteiger partial charge in [-0.1, -0.05) is 25.0 Å². The van der Waals surface area contributed by atoms with Gasteiger partial charge in [0.2, 0.25) is 0 Å². The zero-order chi connectivity index (χ0) is 14.0. The zero-order valence-corrected chi connectivity index (χ0v) is 12.6. The average Bonchev–Trinajstić information content (AvgIpc) is 2.73. The van der Waals surface area contributed by atoms with Crippen LogP contribution in [-0.2, 0) is 11.3 Å². The first-order chi connectivity index (χ1) is 9.88. The van der Waals surface area contributed by atoms with Gasteiger partial charge in [-0.3, -0.25) is 0 Å². The van der Waals surface area contributed by atoms with Gasteiger partial charge in [-0.05, 0) is 43.4 Å². The maximum atomic E-state index is 6.15. The smallest absolute Gasteiger partial charge is 0.120 e. The van der Waals surface area contributed by atoms with Crippen molar-refractivity contribution in [3.63, 3.8) is 0 Å². The van der Waals surface area contributed by atoms with Gasteiger partial charge < -0.3 is 14.8 Å². The first-order valence-electron chi connectivity index (χ1n) is 7.84. The van der Waals surface area contributed by atoms with E-state index >= 15 is 0 Å². The maximum Gasteiger partial charge on any atom is 0.120 e. The van der Waals surface area contributed by atoms with Gasteiger partial charge in [0.15, 0.2) is 0 Å². The normalized spacial score (nSPS) is 16.9. The molecule has 0 spiro atoms. The fourth-order valence-corrected chi connectivity index (χ4v) is 2.69. The van der Waals surface area contributed by atoms with E-state index < -0.39 is 0 Å². The molecule has 1 aliphatic carbocycles. The summed E-state index contributed by atoms with van der Waals surface area (Å²) in [5.74, 6) is 1.02. The van der Waals surface area contributed by atoms with E-state index in [1.54, 1.807) is 7.11 Å². The lowest BCUT2D eigenvalue weighted by molar-refractivity contribution is 0.183. The van der Waals surface area contributed by atoms with Crippen LogP contribution in [0.2, 0.25) is 0 Å². The van der Waals surface area contributed by atoms with Crippen LogP contribution in [0.5, 0.6) is 5.75 Å². The fraction of sp³-hybridized carbons (Fsp3) is 0.647. The van der Waals surface area contributed by atoms with Gasteiger partial charge in [-0.2, -0.15) is 0 Å². The molecule has 0 radical (unpaired) electrons. The summed E-state index contributed by atoms with van der Waals surface area (Å²) in [4.78, 5) is 0. The Morgan fingerprint density at radius 1 is 1.15 bits per heavy atom. The second-order valence-electron chi connectivity index (χ2n) is 5.55. The van der Waals surface area contributed by atoms with Crippen LogP contribution in [0.1, 0.15) is 44.1 Å². The van der Waals surface area contributed by atoms with E-state index in [1.165, 1.54) is 44.1 Å². The molecule has 0 bridgehead atoms. The predicted molar refractivity (Wildman–Crippen MR) is 82.1 cm³/mol. The molecule has 112 valence electrons. The van der Waals surface area contributed by atoms with Crippen LogP contribution >= 0.6 is 0 Å². The number of hydrogen-bond acceptors (Lipinski definition) is 3. The third-order valence-corrected chi connectivity index (χ3v) is 3.82. The van der Waals surface area contributed by atoms with Crippen molar-refractivity contribution in [1.29, 1.82) is 0 Å². The molecule has 0 unspecified atom stereocenters. The second-order valence-corrected chi connectivity index (χ2v) is 5.55. The highest BCUT2D eigenvalue weighted by molar-refractivity contribution is 5.28. The zero-order valence-electron chi connectivity index (χ0n) is 12.6. The van der Waals surface area contributed by atoms with Crippen molar-refractivity contribution in [1.82, 2.24) is 5.32 Å². The molecule has 1 fully saturated rings. The molecule has 0 atom stereocenters. The fourth-order valence-electron chi connectivity index (χ4n) is 2.69. The summed E-state index contributed by atoms with van der Waals surface area (Å²) in [6.07, 6.45) is 8.17. The van der Waals surface area contributed by atoms with Crippen molar-refractivity contribution in [2.45, 2.75) is 51.2 Å². The van der Waals surface area contributed by atoms with Crippen molar-refractivity contribution < 1.29 is 9.47 Å². The number of benzene rings is 1. The van der Waals surface area contributed by atoms with E-state index in [0.29, 0.717) is 6.10 Å². The molecule has 1 aromatic carbocycles. The van der Waals surface area contributed by atoms with Crippen molar-refractivity contribution in [2.24, 2.45) is 0 Å². The van der Waals surface area contributed by atoms with Gasteiger partial charge in [0.1, 0.15) is 5.75 Å². The standard InChI is InChI=1S/C17H27NO2/c1-19-12-11-18-14-15-7-6-10-17(13-15)20-16-8-4-2-3-5-9-16/h6-7,10,13,16,18H,2-5,8-9,11-12,14H2,1H3.